The van der Waals surface area contributed by atoms with Gasteiger partial charge in [0.15, 0.2) is 5.79 Å². The molecule has 0 saturated carbocycles. The molecular formula is C23H25N3O4S. The van der Waals surface area contributed by atoms with Crippen LogP contribution in [0.4, 0.5) is 5.69 Å². The summed E-state index contributed by atoms with van der Waals surface area (Å²) in [6.45, 7) is 6.42. The second-order valence-electron chi connectivity index (χ2n) is 8.31. The molecule has 31 heavy (non-hydrogen) atoms. The van der Waals surface area contributed by atoms with Gasteiger partial charge in [0.05, 0.1) is 24.5 Å². The van der Waals surface area contributed by atoms with E-state index >= 15 is 0 Å². The van der Waals surface area contributed by atoms with Crippen LogP contribution in [0.3, 0.4) is 0 Å². The van der Waals surface area contributed by atoms with Crippen LogP contribution in [0, 0.1) is 0 Å². The Labute approximate surface area is 185 Å². The molecule has 162 valence electrons. The highest BCUT2D eigenvalue weighted by Crippen LogP contribution is 2.42. The lowest BCUT2D eigenvalue weighted by Gasteiger charge is -2.37. The summed E-state index contributed by atoms with van der Waals surface area (Å²) < 4.78 is 11.5. The summed E-state index contributed by atoms with van der Waals surface area (Å²) in [5.74, 6) is -0.584. The highest BCUT2D eigenvalue weighted by atomic mass is 32.2. The second kappa shape index (κ2) is 7.93. The van der Waals surface area contributed by atoms with Gasteiger partial charge in [0, 0.05) is 48.6 Å². The first-order valence-corrected chi connectivity index (χ1v) is 11.5. The lowest BCUT2D eigenvalue weighted by molar-refractivity contribution is -0.181. The quantitative estimate of drug-likeness (QED) is 0.712. The molecule has 0 bridgehead atoms. The monoisotopic (exact) mass is 439 g/mol. The van der Waals surface area contributed by atoms with Gasteiger partial charge in [0.2, 0.25) is 0 Å². The van der Waals surface area contributed by atoms with Crippen LogP contribution < -0.4 is 4.90 Å². The molecule has 1 aromatic heterocycles. The van der Waals surface area contributed by atoms with E-state index < -0.39 is 5.79 Å². The predicted octanol–water partition coefficient (Wildman–Crippen LogP) is 3.58. The number of amides is 2. The molecule has 2 saturated heterocycles. The molecular weight excluding hydrogens is 414 g/mol. The highest BCUT2D eigenvalue weighted by Gasteiger charge is 2.41. The zero-order chi connectivity index (χ0) is 21.6. The van der Waals surface area contributed by atoms with Crippen molar-refractivity contribution < 1.29 is 19.1 Å². The molecule has 0 N–H and O–H groups in total. The van der Waals surface area contributed by atoms with Gasteiger partial charge in [-0.2, -0.15) is 0 Å². The third-order valence-corrected chi connectivity index (χ3v) is 7.10. The summed E-state index contributed by atoms with van der Waals surface area (Å²) in [5, 5.41) is 0.664. The van der Waals surface area contributed by atoms with E-state index in [1.807, 2.05) is 43.0 Å². The van der Waals surface area contributed by atoms with Gasteiger partial charge in [-0.25, -0.2) is 4.98 Å². The minimum atomic E-state index is -0.506. The first kappa shape index (κ1) is 20.5. The summed E-state index contributed by atoms with van der Waals surface area (Å²) >= 11 is 1.44. The highest BCUT2D eigenvalue weighted by molar-refractivity contribution is 7.99. The summed E-state index contributed by atoms with van der Waals surface area (Å²) in [6.07, 6.45) is 3.06. The van der Waals surface area contributed by atoms with Crippen LogP contribution in [0.15, 0.2) is 46.5 Å². The maximum Gasteiger partial charge on any atom is 0.261 e. The number of ether oxygens (including phenoxy) is 2. The fourth-order valence-electron chi connectivity index (χ4n) is 4.44. The summed E-state index contributed by atoms with van der Waals surface area (Å²) in [6, 6.07) is 9.16. The van der Waals surface area contributed by atoms with E-state index in [1.54, 1.807) is 17.2 Å². The van der Waals surface area contributed by atoms with Crippen molar-refractivity contribution in [3.05, 3.63) is 47.7 Å². The number of carbonyl (C=O) groups is 2. The van der Waals surface area contributed by atoms with E-state index in [9.17, 15) is 9.59 Å². The van der Waals surface area contributed by atoms with Gasteiger partial charge in [-0.05, 0) is 44.2 Å². The summed E-state index contributed by atoms with van der Waals surface area (Å²) in [5.41, 5.74) is 2.01. The van der Waals surface area contributed by atoms with Crippen LogP contribution in [0.5, 0.6) is 0 Å². The Morgan fingerprint density at radius 3 is 2.61 bits per heavy atom. The Balaban J connectivity index is 1.44. The Kier molecular flexibility index (Phi) is 5.24. The van der Waals surface area contributed by atoms with E-state index in [-0.39, 0.29) is 17.9 Å². The largest absolute Gasteiger partial charge is 0.347 e. The molecule has 7 nitrogen and oxygen atoms in total. The van der Waals surface area contributed by atoms with Crippen LogP contribution in [-0.4, -0.2) is 59.8 Å². The molecule has 8 heteroatoms. The number of fused-ring (bicyclic) bond motifs is 2. The lowest BCUT2D eigenvalue weighted by Crippen LogP contribution is -2.47. The maximum atomic E-state index is 13.2. The van der Waals surface area contributed by atoms with Gasteiger partial charge in [-0.15, -0.1) is 0 Å². The molecule has 0 atom stereocenters. The number of pyridine rings is 1. The Hall–Kier alpha value is -2.42. The standard InChI is InChI=1S/C23H25N3O4S/c1-15(2)26-18-6-5-16(14-19(18)31-20-17(22(26)28)4-3-9-24-20)21(27)25-10-7-23(8-11-25)29-12-13-30-23/h3-6,9,14-15H,7-8,10-13H2,1-2H3. The van der Waals surface area contributed by atoms with Gasteiger partial charge in [-0.1, -0.05) is 11.8 Å². The lowest BCUT2D eigenvalue weighted by atomic mass is 10.0. The Morgan fingerprint density at radius 2 is 1.90 bits per heavy atom. The number of carbonyl (C=O) groups excluding carboxylic acids is 2. The minimum Gasteiger partial charge on any atom is -0.347 e. The number of aromatic nitrogens is 1. The molecule has 3 aliphatic rings. The molecule has 1 aromatic carbocycles. The summed E-state index contributed by atoms with van der Waals surface area (Å²) in [4.78, 5) is 35.4. The van der Waals surface area contributed by atoms with Crippen LogP contribution >= 0.6 is 11.8 Å². The number of piperidine rings is 1. The molecule has 0 aliphatic carbocycles. The number of nitrogens with zero attached hydrogens (tertiary/aromatic N) is 3. The first-order valence-electron chi connectivity index (χ1n) is 10.7. The molecule has 1 spiro atoms. The number of hydrogen-bond donors (Lipinski definition) is 0. The van der Waals surface area contributed by atoms with E-state index in [0.29, 0.717) is 55.3 Å². The number of hydrogen-bond acceptors (Lipinski definition) is 6. The van der Waals surface area contributed by atoms with E-state index in [4.69, 9.17) is 9.47 Å². The topological polar surface area (TPSA) is 72.0 Å². The van der Waals surface area contributed by atoms with E-state index in [0.717, 1.165) is 10.6 Å². The summed E-state index contributed by atoms with van der Waals surface area (Å²) in [7, 11) is 0. The van der Waals surface area contributed by atoms with Crippen LogP contribution in [0.2, 0.25) is 0 Å². The molecule has 5 rings (SSSR count). The Morgan fingerprint density at radius 1 is 1.16 bits per heavy atom. The van der Waals surface area contributed by atoms with Crippen molar-refractivity contribution in [3.63, 3.8) is 0 Å². The van der Waals surface area contributed by atoms with Gasteiger partial charge in [0.1, 0.15) is 5.03 Å². The molecule has 2 fully saturated rings. The number of anilines is 1. The van der Waals surface area contributed by atoms with Crippen molar-refractivity contribution in [3.8, 4) is 0 Å². The molecule has 0 radical (unpaired) electrons. The van der Waals surface area contributed by atoms with Gasteiger partial charge in [-0.3, -0.25) is 9.59 Å². The molecule has 2 aromatic rings. The zero-order valence-corrected chi connectivity index (χ0v) is 18.5. The van der Waals surface area contributed by atoms with Crippen LogP contribution in [0.1, 0.15) is 47.4 Å². The number of rotatable bonds is 2. The van der Waals surface area contributed by atoms with Crippen molar-refractivity contribution in [2.75, 3.05) is 31.2 Å². The molecule has 2 amide bonds. The van der Waals surface area contributed by atoms with Crippen molar-refractivity contribution >= 4 is 29.3 Å². The van der Waals surface area contributed by atoms with Crippen molar-refractivity contribution in [2.45, 2.75) is 48.4 Å². The first-order chi connectivity index (χ1) is 15.0. The average molecular weight is 440 g/mol. The number of likely N-dealkylation sites (tertiary alicyclic amines) is 1. The SMILES string of the molecule is CC(C)N1C(=O)c2cccnc2Sc2cc(C(=O)N3CCC4(CC3)OCCO4)ccc21. The third-order valence-electron chi connectivity index (χ3n) is 6.04. The Bertz CT molecular complexity index is 1030. The predicted molar refractivity (Wildman–Crippen MR) is 117 cm³/mol. The van der Waals surface area contributed by atoms with Gasteiger partial charge < -0.3 is 19.3 Å². The van der Waals surface area contributed by atoms with Crippen LogP contribution in [-0.2, 0) is 9.47 Å². The molecule has 3 aliphatic heterocycles. The normalized spacial score (nSPS) is 20.0. The minimum absolute atomic E-state index is 0.0100. The van der Waals surface area contributed by atoms with E-state index in [2.05, 4.69) is 4.98 Å². The second-order valence-corrected chi connectivity index (χ2v) is 9.34. The van der Waals surface area contributed by atoms with Gasteiger partial charge in [0.25, 0.3) is 11.8 Å². The van der Waals surface area contributed by atoms with Crippen molar-refractivity contribution in [2.24, 2.45) is 0 Å². The fourth-order valence-corrected chi connectivity index (χ4v) is 5.48. The fraction of sp³-hybridized carbons (Fsp3) is 0.435. The average Bonchev–Trinajstić information content (AvgIpc) is 3.17. The van der Waals surface area contributed by atoms with Gasteiger partial charge >= 0.3 is 0 Å². The van der Waals surface area contributed by atoms with Crippen LogP contribution in [0.25, 0.3) is 0 Å². The smallest absolute Gasteiger partial charge is 0.261 e. The molecule has 4 heterocycles. The third kappa shape index (κ3) is 3.62. The zero-order valence-electron chi connectivity index (χ0n) is 17.7. The molecule has 0 unspecified atom stereocenters. The van der Waals surface area contributed by atoms with Crippen molar-refractivity contribution in [1.82, 2.24) is 9.88 Å². The maximum absolute atomic E-state index is 13.2. The number of benzene rings is 1. The van der Waals surface area contributed by atoms with Crippen molar-refractivity contribution in [1.29, 1.82) is 0 Å². The van der Waals surface area contributed by atoms with E-state index in [1.165, 1.54) is 11.8 Å².